The highest BCUT2D eigenvalue weighted by Gasteiger charge is 2.32. The molecule has 3 aromatic carbocycles. The van der Waals surface area contributed by atoms with Crippen molar-refractivity contribution < 1.29 is 32.2 Å². The van der Waals surface area contributed by atoms with Crippen LogP contribution in [0.2, 0.25) is 5.02 Å². The Morgan fingerprint density at radius 2 is 1.69 bits per heavy atom. The maximum Gasteiger partial charge on any atom is 0.416 e. The molecule has 1 aliphatic carbocycles. The third-order valence-electron chi connectivity index (χ3n) is 6.58. The number of amides is 1. The maximum atomic E-state index is 13.4. The molecule has 0 atom stereocenters. The van der Waals surface area contributed by atoms with Crippen LogP contribution in [0.1, 0.15) is 57.5 Å². The Balaban J connectivity index is 1.42. The average molecular weight is 561 g/mol. The largest absolute Gasteiger partial charge is 0.495 e. The van der Waals surface area contributed by atoms with E-state index in [-0.39, 0.29) is 30.2 Å². The molecule has 0 aliphatic heterocycles. The van der Waals surface area contributed by atoms with E-state index in [2.05, 4.69) is 10.6 Å². The fourth-order valence-electron chi connectivity index (χ4n) is 4.46. The standard InChI is InChI=1S/C29H28ClF3N2O4/c1-38-26-15-18(7-13-24(26)30)17-34-27(36)23-16-20(29(31,32)33)8-14-25(23)35-21-9-11-22(12-10-21)39-28(37)19-5-3-2-4-6-19/h2-8,13-16,21-22,35H,9-12,17H2,1H3,(H,34,36)/t21-,22+. The van der Waals surface area contributed by atoms with Gasteiger partial charge in [-0.2, -0.15) is 13.2 Å². The van der Waals surface area contributed by atoms with Crippen molar-refractivity contribution in [3.05, 3.63) is 94.0 Å². The lowest BCUT2D eigenvalue weighted by molar-refractivity contribution is -0.137. The molecule has 206 valence electrons. The minimum absolute atomic E-state index is 0.0694. The van der Waals surface area contributed by atoms with Gasteiger partial charge in [0.05, 0.1) is 28.8 Å². The predicted molar refractivity (Wildman–Crippen MR) is 142 cm³/mol. The summed E-state index contributed by atoms with van der Waals surface area (Å²) in [7, 11) is 1.46. The van der Waals surface area contributed by atoms with E-state index in [1.807, 2.05) is 6.07 Å². The van der Waals surface area contributed by atoms with Crippen molar-refractivity contribution in [2.24, 2.45) is 0 Å². The summed E-state index contributed by atoms with van der Waals surface area (Å²) < 4.78 is 51.1. The van der Waals surface area contributed by atoms with Gasteiger partial charge in [-0.25, -0.2) is 4.79 Å². The molecule has 3 aromatic rings. The topological polar surface area (TPSA) is 76.7 Å². The molecule has 0 saturated heterocycles. The van der Waals surface area contributed by atoms with Crippen LogP contribution >= 0.6 is 11.6 Å². The molecule has 4 rings (SSSR count). The fourth-order valence-corrected chi connectivity index (χ4v) is 4.66. The zero-order valence-corrected chi connectivity index (χ0v) is 21.9. The molecule has 1 fully saturated rings. The molecule has 39 heavy (non-hydrogen) atoms. The van der Waals surface area contributed by atoms with E-state index in [0.717, 1.165) is 12.1 Å². The van der Waals surface area contributed by atoms with Gasteiger partial charge in [0.1, 0.15) is 11.9 Å². The average Bonchev–Trinajstić information content (AvgIpc) is 2.93. The predicted octanol–water partition coefficient (Wildman–Crippen LogP) is 6.88. The zero-order valence-electron chi connectivity index (χ0n) is 21.2. The van der Waals surface area contributed by atoms with E-state index in [1.165, 1.54) is 13.2 Å². The summed E-state index contributed by atoms with van der Waals surface area (Å²) in [5, 5.41) is 6.32. The van der Waals surface area contributed by atoms with E-state index >= 15 is 0 Å². The third-order valence-corrected chi connectivity index (χ3v) is 6.89. The first-order valence-corrected chi connectivity index (χ1v) is 12.9. The normalized spacial score (nSPS) is 17.3. The Morgan fingerprint density at radius 1 is 0.974 bits per heavy atom. The van der Waals surface area contributed by atoms with Gasteiger partial charge in [0.15, 0.2) is 0 Å². The Kier molecular flexibility index (Phi) is 9.01. The smallest absolute Gasteiger partial charge is 0.416 e. The van der Waals surface area contributed by atoms with Crippen LogP contribution in [0.25, 0.3) is 0 Å². The number of hydrogen-bond acceptors (Lipinski definition) is 5. The van der Waals surface area contributed by atoms with Gasteiger partial charge < -0.3 is 20.1 Å². The molecule has 0 aromatic heterocycles. The number of anilines is 1. The minimum atomic E-state index is -4.60. The van der Waals surface area contributed by atoms with Gasteiger partial charge in [-0.1, -0.05) is 35.9 Å². The van der Waals surface area contributed by atoms with Crippen molar-refractivity contribution in [3.63, 3.8) is 0 Å². The van der Waals surface area contributed by atoms with Crippen LogP contribution in [-0.2, 0) is 17.5 Å². The van der Waals surface area contributed by atoms with Crippen molar-refractivity contribution in [2.45, 2.75) is 50.6 Å². The number of carbonyl (C=O) groups excluding carboxylic acids is 2. The molecule has 0 unspecified atom stereocenters. The summed E-state index contributed by atoms with van der Waals surface area (Å²) in [5.74, 6) is -0.607. The van der Waals surface area contributed by atoms with Crippen molar-refractivity contribution in [1.82, 2.24) is 5.32 Å². The lowest BCUT2D eigenvalue weighted by Crippen LogP contribution is -2.32. The number of halogens is 4. The summed E-state index contributed by atoms with van der Waals surface area (Å²) in [5.41, 5.74) is 0.440. The molecule has 0 spiro atoms. The third kappa shape index (κ3) is 7.44. The van der Waals surface area contributed by atoms with Crippen LogP contribution in [0.4, 0.5) is 18.9 Å². The minimum Gasteiger partial charge on any atom is -0.495 e. The van der Waals surface area contributed by atoms with Gasteiger partial charge >= 0.3 is 12.1 Å². The first-order valence-electron chi connectivity index (χ1n) is 12.5. The SMILES string of the molecule is COc1cc(CNC(=O)c2cc(C(F)(F)F)ccc2N[C@H]2CC[C@@H](OC(=O)c3ccccc3)CC2)ccc1Cl. The number of nitrogens with one attached hydrogen (secondary N) is 2. The summed E-state index contributed by atoms with van der Waals surface area (Å²) in [6, 6.07) is 16.7. The monoisotopic (exact) mass is 560 g/mol. The Labute approximate surface area is 229 Å². The molecule has 0 radical (unpaired) electrons. The van der Waals surface area contributed by atoms with E-state index in [9.17, 15) is 22.8 Å². The Bertz CT molecular complexity index is 1310. The van der Waals surface area contributed by atoms with Gasteiger partial charge in [0.25, 0.3) is 5.91 Å². The van der Waals surface area contributed by atoms with E-state index in [1.54, 1.807) is 42.5 Å². The highest BCUT2D eigenvalue weighted by molar-refractivity contribution is 6.32. The maximum absolute atomic E-state index is 13.4. The molecule has 10 heteroatoms. The van der Waals surface area contributed by atoms with Gasteiger partial charge in [0, 0.05) is 18.3 Å². The number of ether oxygens (including phenoxy) is 2. The van der Waals surface area contributed by atoms with Crippen molar-refractivity contribution in [2.75, 3.05) is 12.4 Å². The van der Waals surface area contributed by atoms with Gasteiger partial charge in [-0.15, -0.1) is 0 Å². The van der Waals surface area contributed by atoms with Crippen LogP contribution in [0.5, 0.6) is 5.75 Å². The van der Waals surface area contributed by atoms with Crippen molar-refractivity contribution >= 4 is 29.2 Å². The highest BCUT2D eigenvalue weighted by Crippen LogP contribution is 2.33. The van der Waals surface area contributed by atoms with E-state index in [4.69, 9.17) is 21.1 Å². The molecule has 0 heterocycles. The van der Waals surface area contributed by atoms with Crippen molar-refractivity contribution in [3.8, 4) is 5.75 Å². The number of benzene rings is 3. The van der Waals surface area contributed by atoms with E-state index in [0.29, 0.717) is 53.3 Å². The molecular weight excluding hydrogens is 533 g/mol. The van der Waals surface area contributed by atoms with E-state index < -0.39 is 17.6 Å². The summed E-state index contributed by atoms with van der Waals surface area (Å²) in [4.78, 5) is 25.4. The number of rotatable bonds is 8. The lowest BCUT2D eigenvalue weighted by atomic mass is 9.92. The summed E-state index contributed by atoms with van der Waals surface area (Å²) >= 11 is 6.04. The van der Waals surface area contributed by atoms with Crippen LogP contribution in [-0.4, -0.2) is 31.1 Å². The quantitative estimate of drug-likeness (QED) is 0.294. The lowest BCUT2D eigenvalue weighted by Gasteiger charge is -2.30. The number of alkyl halides is 3. The Hall–Kier alpha value is -3.72. The molecule has 0 bridgehead atoms. The van der Waals surface area contributed by atoms with Crippen LogP contribution in [0.3, 0.4) is 0 Å². The second kappa shape index (κ2) is 12.4. The fraction of sp³-hybridized carbons (Fsp3) is 0.310. The number of methoxy groups -OCH3 is 1. The molecule has 6 nitrogen and oxygen atoms in total. The molecule has 1 saturated carbocycles. The van der Waals surface area contributed by atoms with Gasteiger partial charge in [-0.05, 0) is 73.7 Å². The second-order valence-corrected chi connectivity index (χ2v) is 9.71. The first kappa shape index (κ1) is 28.3. The number of hydrogen-bond donors (Lipinski definition) is 2. The Morgan fingerprint density at radius 3 is 2.36 bits per heavy atom. The summed E-state index contributed by atoms with van der Waals surface area (Å²) in [6.07, 6.45) is -2.41. The van der Waals surface area contributed by atoms with Gasteiger partial charge in [0.2, 0.25) is 0 Å². The summed E-state index contributed by atoms with van der Waals surface area (Å²) in [6.45, 7) is 0.0694. The van der Waals surface area contributed by atoms with Crippen LogP contribution in [0, 0.1) is 0 Å². The molecule has 1 aliphatic rings. The highest BCUT2D eigenvalue weighted by atomic mass is 35.5. The molecule has 1 amide bonds. The first-order chi connectivity index (χ1) is 18.6. The number of carbonyl (C=O) groups is 2. The van der Waals surface area contributed by atoms with Crippen LogP contribution in [0.15, 0.2) is 66.7 Å². The molecular formula is C29H28ClF3N2O4. The van der Waals surface area contributed by atoms with Crippen LogP contribution < -0.4 is 15.4 Å². The number of esters is 1. The van der Waals surface area contributed by atoms with Gasteiger partial charge in [-0.3, -0.25) is 4.79 Å². The second-order valence-electron chi connectivity index (χ2n) is 9.30. The molecule has 2 N–H and O–H groups in total. The van der Waals surface area contributed by atoms with Crippen molar-refractivity contribution in [1.29, 1.82) is 0 Å². The zero-order chi connectivity index (χ0) is 28.0.